The van der Waals surface area contributed by atoms with Gasteiger partial charge < -0.3 is 19.8 Å². The number of carbonyl (C=O) groups excluding carboxylic acids is 2. The highest BCUT2D eigenvalue weighted by Crippen LogP contribution is 2.28. The van der Waals surface area contributed by atoms with Crippen LogP contribution in [0.3, 0.4) is 0 Å². The molecule has 0 aliphatic heterocycles. The SMILES string of the molecule is COc1ccc(C(=O)OCC(=O)NCCc2c[nH]c3ccccc23)c2ccccc12. The van der Waals surface area contributed by atoms with Crippen LogP contribution in [0, 0.1) is 0 Å². The molecule has 0 saturated heterocycles. The maximum Gasteiger partial charge on any atom is 0.339 e. The Morgan fingerprint density at radius 2 is 1.67 bits per heavy atom. The van der Waals surface area contributed by atoms with Gasteiger partial charge in [0.1, 0.15) is 5.75 Å². The van der Waals surface area contributed by atoms with Crippen LogP contribution in [0.2, 0.25) is 0 Å². The van der Waals surface area contributed by atoms with Gasteiger partial charge in [0, 0.05) is 29.0 Å². The Labute approximate surface area is 173 Å². The Hall–Kier alpha value is -3.80. The van der Waals surface area contributed by atoms with Gasteiger partial charge >= 0.3 is 5.97 Å². The Kier molecular flexibility index (Phi) is 5.66. The average Bonchev–Trinajstić information content (AvgIpc) is 3.20. The Balaban J connectivity index is 1.33. The maximum absolute atomic E-state index is 12.5. The van der Waals surface area contributed by atoms with Crippen LogP contribution in [0.5, 0.6) is 5.75 Å². The number of hydrogen-bond acceptors (Lipinski definition) is 4. The van der Waals surface area contributed by atoms with Gasteiger partial charge in [0.2, 0.25) is 0 Å². The number of amides is 1. The van der Waals surface area contributed by atoms with Crippen LogP contribution in [0.1, 0.15) is 15.9 Å². The molecule has 6 nitrogen and oxygen atoms in total. The molecule has 4 aromatic rings. The third-order valence-electron chi connectivity index (χ3n) is 5.05. The van der Waals surface area contributed by atoms with E-state index in [0.29, 0.717) is 24.3 Å². The number of hydrogen-bond donors (Lipinski definition) is 2. The Morgan fingerprint density at radius 3 is 2.47 bits per heavy atom. The van der Waals surface area contributed by atoms with Crippen molar-refractivity contribution in [3.05, 3.63) is 78.0 Å². The fourth-order valence-corrected chi connectivity index (χ4v) is 3.56. The molecule has 0 fully saturated rings. The molecule has 0 spiro atoms. The molecule has 0 aliphatic rings. The first-order valence-corrected chi connectivity index (χ1v) is 9.72. The van der Waals surface area contributed by atoms with Crippen LogP contribution in [-0.4, -0.2) is 37.1 Å². The quantitative estimate of drug-likeness (QED) is 0.460. The number of esters is 1. The van der Waals surface area contributed by atoms with Gasteiger partial charge in [0.05, 0.1) is 12.7 Å². The maximum atomic E-state index is 12.5. The molecule has 0 bridgehead atoms. The second-order valence-electron chi connectivity index (χ2n) is 6.90. The first-order valence-electron chi connectivity index (χ1n) is 9.72. The summed E-state index contributed by atoms with van der Waals surface area (Å²) in [6.45, 7) is 0.136. The lowest BCUT2D eigenvalue weighted by Gasteiger charge is -2.10. The number of methoxy groups -OCH3 is 1. The minimum Gasteiger partial charge on any atom is -0.496 e. The van der Waals surface area contributed by atoms with E-state index in [2.05, 4.69) is 10.3 Å². The molecule has 4 rings (SSSR count). The van der Waals surface area contributed by atoms with Crippen molar-refractivity contribution in [1.82, 2.24) is 10.3 Å². The molecule has 3 aromatic carbocycles. The second kappa shape index (κ2) is 8.69. The third kappa shape index (κ3) is 3.98. The summed E-state index contributed by atoms with van der Waals surface area (Å²) in [5.41, 5.74) is 2.60. The molecule has 1 amide bonds. The summed E-state index contributed by atoms with van der Waals surface area (Å²) < 4.78 is 10.6. The molecule has 1 heterocycles. The summed E-state index contributed by atoms with van der Waals surface area (Å²) in [5, 5.41) is 5.48. The lowest BCUT2D eigenvalue weighted by Crippen LogP contribution is -2.30. The van der Waals surface area contributed by atoms with Crippen LogP contribution in [-0.2, 0) is 16.0 Å². The number of benzene rings is 3. The monoisotopic (exact) mass is 402 g/mol. The normalized spacial score (nSPS) is 10.8. The Bertz CT molecular complexity index is 1210. The van der Waals surface area contributed by atoms with Crippen molar-refractivity contribution in [3.8, 4) is 5.75 Å². The number of aromatic amines is 1. The van der Waals surface area contributed by atoms with Crippen molar-refractivity contribution in [1.29, 1.82) is 0 Å². The second-order valence-corrected chi connectivity index (χ2v) is 6.90. The summed E-state index contributed by atoms with van der Waals surface area (Å²) in [6, 6.07) is 18.8. The van der Waals surface area contributed by atoms with Crippen LogP contribution >= 0.6 is 0 Å². The van der Waals surface area contributed by atoms with Gasteiger partial charge in [-0.2, -0.15) is 0 Å². The smallest absolute Gasteiger partial charge is 0.339 e. The van der Waals surface area contributed by atoms with Gasteiger partial charge in [-0.3, -0.25) is 4.79 Å². The van der Waals surface area contributed by atoms with Gasteiger partial charge in [-0.15, -0.1) is 0 Å². The van der Waals surface area contributed by atoms with Crippen LogP contribution < -0.4 is 10.1 Å². The van der Waals surface area contributed by atoms with Gasteiger partial charge in [-0.05, 0) is 35.6 Å². The summed E-state index contributed by atoms with van der Waals surface area (Å²) in [5.74, 6) is -0.196. The highest BCUT2D eigenvalue weighted by molar-refractivity contribution is 6.06. The summed E-state index contributed by atoms with van der Waals surface area (Å²) in [6.07, 6.45) is 2.64. The van der Waals surface area contributed by atoms with Crippen LogP contribution in [0.15, 0.2) is 66.9 Å². The number of rotatable bonds is 7. The van der Waals surface area contributed by atoms with E-state index in [1.165, 1.54) is 0 Å². The van der Waals surface area contributed by atoms with Gasteiger partial charge in [-0.1, -0.05) is 42.5 Å². The zero-order valence-electron chi connectivity index (χ0n) is 16.6. The fraction of sp³-hybridized carbons (Fsp3) is 0.167. The van der Waals surface area contributed by atoms with Gasteiger partial charge in [0.25, 0.3) is 5.91 Å². The molecule has 152 valence electrons. The first kappa shape index (κ1) is 19.5. The first-order chi connectivity index (χ1) is 14.7. The molecule has 30 heavy (non-hydrogen) atoms. The number of ether oxygens (including phenoxy) is 2. The number of H-pyrrole nitrogens is 1. The van der Waals surface area contributed by atoms with E-state index in [4.69, 9.17) is 9.47 Å². The molecule has 0 radical (unpaired) electrons. The van der Waals surface area contributed by atoms with E-state index in [9.17, 15) is 9.59 Å². The number of aromatic nitrogens is 1. The summed E-state index contributed by atoms with van der Waals surface area (Å²) >= 11 is 0. The average molecular weight is 402 g/mol. The predicted molar refractivity (Wildman–Crippen MR) is 116 cm³/mol. The number of para-hydroxylation sites is 1. The van der Waals surface area contributed by atoms with Crippen molar-refractivity contribution in [3.63, 3.8) is 0 Å². The Morgan fingerprint density at radius 1 is 0.933 bits per heavy atom. The fourth-order valence-electron chi connectivity index (χ4n) is 3.56. The van der Waals surface area contributed by atoms with Gasteiger partial charge in [-0.25, -0.2) is 4.79 Å². The molecular weight excluding hydrogens is 380 g/mol. The molecule has 2 N–H and O–H groups in total. The molecule has 1 aromatic heterocycles. The molecule has 0 atom stereocenters. The van der Waals surface area contributed by atoms with Crippen molar-refractivity contribution in [2.45, 2.75) is 6.42 Å². The lowest BCUT2D eigenvalue weighted by atomic mass is 10.0. The van der Waals surface area contributed by atoms with Crippen molar-refractivity contribution >= 4 is 33.6 Å². The summed E-state index contributed by atoms with van der Waals surface area (Å²) in [7, 11) is 1.58. The summed E-state index contributed by atoms with van der Waals surface area (Å²) in [4.78, 5) is 27.9. The van der Waals surface area contributed by atoms with Crippen LogP contribution in [0.4, 0.5) is 0 Å². The standard InChI is InChI=1S/C24H22N2O4/c1-29-22-11-10-20(18-7-2-3-8-19(18)22)24(28)30-15-23(27)25-13-12-16-14-26-21-9-5-4-6-17(16)21/h2-11,14,26H,12-13,15H2,1H3,(H,25,27). The number of carbonyl (C=O) groups is 2. The minimum atomic E-state index is -0.541. The highest BCUT2D eigenvalue weighted by Gasteiger charge is 2.15. The van der Waals surface area contributed by atoms with E-state index < -0.39 is 5.97 Å². The molecular formula is C24H22N2O4. The van der Waals surface area contributed by atoms with E-state index in [0.717, 1.165) is 27.2 Å². The van der Waals surface area contributed by atoms with Crippen LogP contribution in [0.25, 0.3) is 21.7 Å². The van der Waals surface area contributed by atoms with E-state index in [1.807, 2.05) is 54.7 Å². The molecule has 6 heteroatoms. The topological polar surface area (TPSA) is 80.4 Å². The van der Waals surface area contributed by atoms with E-state index in [1.54, 1.807) is 19.2 Å². The zero-order valence-corrected chi connectivity index (χ0v) is 16.6. The van der Waals surface area contributed by atoms with E-state index >= 15 is 0 Å². The molecule has 0 unspecified atom stereocenters. The highest BCUT2D eigenvalue weighted by atomic mass is 16.5. The minimum absolute atomic E-state index is 0.326. The third-order valence-corrected chi connectivity index (χ3v) is 5.05. The van der Waals surface area contributed by atoms with Crippen molar-refractivity contribution < 1.29 is 19.1 Å². The van der Waals surface area contributed by atoms with Crippen molar-refractivity contribution in [2.24, 2.45) is 0 Å². The predicted octanol–water partition coefficient (Wildman–Crippen LogP) is 3.85. The van der Waals surface area contributed by atoms with Crippen molar-refractivity contribution in [2.75, 3.05) is 20.3 Å². The molecule has 0 saturated carbocycles. The van der Waals surface area contributed by atoms with Gasteiger partial charge in [0.15, 0.2) is 6.61 Å². The lowest BCUT2D eigenvalue weighted by molar-refractivity contribution is -0.124. The van der Waals surface area contributed by atoms with E-state index in [-0.39, 0.29) is 12.5 Å². The number of nitrogens with one attached hydrogen (secondary N) is 2. The zero-order chi connectivity index (χ0) is 20.9. The molecule has 0 aliphatic carbocycles. The number of fused-ring (bicyclic) bond motifs is 2. The largest absolute Gasteiger partial charge is 0.496 e.